The molecule has 1 aromatic carbocycles. The summed E-state index contributed by atoms with van der Waals surface area (Å²) in [5, 5.41) is 13.4. The fourth-order valence-corrected chi connectivity index (χ4v) is 1.92. The molecule has 0 amide bonds. The predicted octanol–water partition coefficient (Wildman–Crippen LogP) is 2.77. The van der Waals surface area contributed by atoms with Crippen LogP contribution in [-0.2, 0) is 6.42 Å². The van der Waals surface area contributed by atoms with E-state index >= 15 is 0 Å². The molecule has 0 aliphatic rings. The molecule has 1 unspecified atom stereocenters. The van der Waals surface area contributed by atoms with Crippen LogP contribution in [0.5, 0.6) is 0 Å². The molecular formula is C13H19ClFNO. The van der Waals surface area contributed by atoms with Crippen LogP contribution in [0.2, 0.25) is 5.02 Å². The molecule has 1 atom stereocenters. The molecule has 1 aromatic rings. The molecule has 1 rings (SSSR count). The van der Waals surface area contributed by atoms with Crippen molar-refractivity contribution in [2.24, 2.45) is 0 Å². The second-order valence-corrected chi connectivity index (χ2v) is 4.93. The van der Waals surface area contributed by atoms with Crippen molar-refractivity contribution < 1.29 is 9.50 Å². The van der Waals surface area contributed by atoms with E-state index in [0.29, 0.717) is 12.8 Å². The van der Waals surface area contributed by atoms with E-state index in [1.54, 1.807) is 19.1 Å². The van der Waals surface area contributed by atoms with Crippen LogP contribution < -0.4 is 5.32 Å². The Bertz CT molecular complexity index is 368. The molecule has 17 heavy (non-hydrogen) atoms. The lowest BCUT2D eigenvalue weighted by Gasteiger charge is -2.23. The number of aliphatic hydroxyl groups is 1. The normalized spacial score (nSPS) is 14.6. The van der Waals surface area contributed by atoms with E-state index in [1.165, 1.54) is 6.07 Å². The number of halogens is 2. The maximum Gasteiger partial charge on any atom is 0.141 e. The van der Waals surface area contributed by atoms with Gasteiger partial charge in [-0.1, -0.05) is 24.6 Å². The van der Waals surface area contributed by atoms with Gasteiger partial charge < -0.3 is 10.4 Å². The third kappa shape index (κ3) is 5.02. The third-order valence-corrected chi connectivity index (χ3v) is 2.95. The van der Waals surface area contributed by atoms with Crippen molar-refractivity contribution in [3.8, 4) is 0 Å². The van der Waals surface area contributed by atoms with Crippen LogP contribution in [0.4, 0.5) is 4.39 Å². The Morgan fingerprint density at radius 3 is 2.76 bits per heavy atom. The highest BCUT2D eigenvalue weighted by Crippen LogP contribution is 2.21. The minimum Gasteiger partial charge on any atom is -0.390 e. The Morgan fingerprint density at radius 1 is 1.47 bits per heavy atom. The lowest BCUT2D eigenvalue weighted by molar-refractivity contribution is 0.0517. The molecule has 0 spiro atoms. The highest BCUT2D eigenvalue weighted by molar-refractivity contribution is 6.30. The van der Waals surface area contributed by atoms with Crippen LogP contribution >= 0.6 is 11.6 Å². The molecule has 96 valence electrons. The Labute approximate surface area is 107 Å². The van der Waals surface area contributed by atoms with E-state index in [0.717, 1.165) is 18.7 Å². The molecule has 0 aromatic heterocycles. The van der Waals surface area contributed by atoms with Crippen molar-refractivity contribution >= 4 is 11.6 Å². The smallest absolute Gasteiger partial charge is 0.141 e. The summed E-state index contributed by atoms with van der Waals surface area (Å²) in [5.74, 6) is -0.428. The van der Waals surface area contributed by atoms with Gasteiger partial charge in [-0.2, -0.15) is 0 Å². The van der Waals surface area contributed by atoms with Gasteiger partial charge in [0.1, 0.15) is 5.82 Å². The number of benzene rings is 1. The molecule has 0 radical (unpaired) electrons. The molecule has 0 fully saturated rings. The molecule has 0 heterocycles. The fourth-order valence-electron chi connectivity index (χ4n) is 1.71. The Hall–Kier alpha value is -0.640. The van der Waals surface area contributed by atoms with Gasteiger partial charge in [0, 0.05) is 6.42 Å². The Kier molecular flexibility index (Phi) is 5.37. The van der Waals surface area contributed by atoms with Crippen LogP contribution in [-0.4, -0.2) is 23.8 Å². The van der Waals surface area contributed by atoms with Gasteiger partial charge in [-0.05, 0) is 44.1 Å². The minimum atomic E-state index is -0.802. The van der Waals surface area contributed by atoms with Gasteiger partial charge in [0.25, 0.3) is 0 Å². The van der Waals surface area contributed by atoms with Crippen molar-refractivity contribution in [2.45, 2.75) is 32.3 Å². The van der Waals surface area contributed by atoms with E-state index in [4.69, 9.17) is 11.6 Å². The zero-order valence-electron chi connectivity index (χ0n) is 10.3. The van der Waals surface area contributed by atoms with Gasteiger partial charge in [0.2, 0.25) is 0 Å². The molecule has 0 saturated heterocycles. The fraction of sp³-hybridized carbons (Fsp3) is 0.538. The van der Waals surface area contributed by atoms with Crippen LogP contribution in [0.3, 0.4) is 0 Å². The van der Waals surface area contributed by atoms with Gasteiger partial charge in [-0.25, -0.2) is 4.39 Å². The zero-order chi connectivity index (χ0) is 12.9. The number of rotatable bonds is 6. The summed E-state index contributed by atoms with van der Waals surface area (Å²) in [4.78, 5) is 0. The lowest BCUT2D eigenvalue weighted by Crippen LogP contribution is -2.32. The number of nitrogens with one attached hydrogen (secondary N) is 1. The quantitative estimate of drug-likeness (QED) is 0.770. The van der Waals surface area contributed by atoms with E-state index in [2.05, 4.69) is 5.32 Å². The van der Waals surface area contributed by atoms with Crippen molar-refractivity contribution in [3.63, 3.8) is 0 Å². The highest BCUT2D eigenvalue weighted by atomic mass is 35.5. The first kappa shape index (κ1) is 14.4. The van der Waals surface area contributed by atoms with E-state index in [-0.39, 0.29) is 5.02 Å². The summed E-state index contributed by atoms with van der Waals surface area (Å²) in [7, 11) is 0. The summed E-state index contributed by atoms with van der Waals surface area (Å²) in [5.41, 5.74) is 0.0430. The standard InChI is InChI=1S/C13H19ClFNO/c1-3-16-7-6-13(2,17)9-10-4-5-12(15)11(14)8-10/h4-5,8,16-17H,3,6-7,9H2,1-2H3. The molecule has 0 saturated carbocycles. The van der Waals surface area contributed by atoms with Crippen LogP contribution in [0.1, 0.15) is 25.8 Å². The number of hydrogen-bond donors (Lipinski definition) is 2. The summed E-state index contributed by atoms with van der Waals surface area (Å²) in [6.45, 7) is 5.45. The molecule has 0 aliphatic heterocycles. The summed E-state index contributed by atoms with van der Waals surface area (Å²) >= 11 is 5.70. The molecule has 2 nitrogen and oxygen atoms in total. The Balaban J connectivity index is 2.59. The first-order chi connectivity index (χ1) is 7.94. The van der Waals surface area contributed by atoms with Crippen molar-refractivity contribution in [2.75, 3.05) is 13.1 Å². The van der Waals surface area contributed by atoms with Crippen LogP contribution in [0.25, 0.3) is 0 Å². The van der Waals surface area contributed by atoms with E-state index in [9.17, 15) is 9.50 Å². The first-order valence-electron chi connectivity index (χ1n) is 5.81. The van der Waals surface area contributed by atoms with Crippen LogP contribution in [0, 0.1) is 5.82 Å². The first-order valence-corrected chi connectivity index (χ1v) is 6.19. The van der Waals surface area contributed by atoms with Gasteiger partial charge in [0.15, 0.2) is 0 Å². The second-order valence-electron chi connectivity index (χ2n) is 4.53. The lowest BCUT2D eigenvalue weighted by atomic mass is 9.93. The maximum absolute atomic E-state index is 13.0. The van der Waals surface area contributed by atoms with Crippen LogP contribution in [0.15, 0.2) is 18.2 Å². The van der Waals surface area contributed by atoms with Crippen molar-refractivity contribution in [1.82, 2.24) is 5.32 Å². The second kappa shape index (κ2) is 6.34. The average Bonchev–Trinajstić information content (AvgIpc) is 2.23. The van der Waals surface area contributed by atoms with E-state index < -0.39 is 11.4 Å². The average molecular weight is 260 g/mol. The van der Waals surface area contributed by atoms with Gasteiger partial charge in [0.05, 0.1) is 10.6 Å². The zero-order valence-corrected chi connectivity index (χ0v) is 11.0. The monoisotopic (exact) mass is 259 g/mol. The molecule has 0 bridgehead atoms. The molecule has 0 aliphatic carbocycles. The minimum absolute atomic E-state index is 0.102. The van der Waals surface area contributed by atoms with Crippen molar-refractivity contribution in [3.05, 3.63) is 34.6 Å². The predicted molar refractivity (Wildman–Crippen MR) is 68.9 cm³/mol. The summed E-state index contributed by atoms with van der Waals surface area (Å²) < 4.78 is 13.0. The number of hydrogen-bond acceptors (Lipinski definition) is 2. The van der Waals surface area contributed by atoms with Crippen molar-refractivity contribution in [1.29, 1.82) is 0 Å². The molecule has 2 N–H and O–H groups in total. The summed E-state index contributed by atoms with van der Waals surface area (Å²) in [6.07, 6.45) is 1.12. The van der Waals surface area contributed by atoms with Gasteiger partial charge in [-0.3, -0.25) is 0 Å². The Morgan fingerprint density at radius 2 is 2.18 bits per heavy atom. The maximum atomic E-state index is 13.0. The SMILES string of the molecule is CCNCCC(C)(O)Cc1ccc(F)c(Cl)c1. The topological polar surface area (TPSA) is 32.3 Å². The molecule has 4 heteroatoms. The third-order valence-electron chi connectivity index (χ3n) is 2.66. The highest BCUT2D eigenvalue weighted by Gasteiger charge is 2.20. The summed E-state index contributed by atoms with van der Waals surface area (Å²) in [6, 6.07) is 4.56. The van der Waals surface area contributed by atoms with Gasteiger partial charge >= 0.3 is 0 Å². The van der Waals surface area contributed by atoms with Gasteiger partial charge in [-0.15, -0.1) is 0 Å². The van der Waals surface area contributed by atoms with E-state index in [1.807, 2.05) is 6.92 Å². The largest absolute Gasteiger partial charge is 0.390 e. The molecular weight excluding hydrogens is 241 g/mol.